The van der Waals surface area contributed by atoms with Crippen molar-refractivity contribution >= 4 is 17.4 Å². The van der Waals surface area contributed by atoms with Crippen LogP contribution in [0.5, 0.6) is 0 Å². The van der Waals surface area contributed by atoms with Crippen LogP contribution in [0, 0.1) is 0 Å². The summed E-state index contributed by atoms with van der Waals surface area (Å²) in [6.45, 7) is 4.89. The molecule has 0 saturated carbocycles. The highest BCUT2D eigenvalue weighted by molar-refractivity contribution is 5.60. The highest BCUT2D eigenvalue weighted by Gasteiger charge is 2.12. The van der Waals surface area contributed by atoms with Gasteiger partial charge in [-0.05, 0) is 31.7 Å². The summed E-state index contributed by atoms with van der Waals surface area (Å²) in [5.74, 6) is 0.582. The molecule has 2 aromatic rings. The Kier molecular flexibility index (Phi) is 4.57. The monoisotopic (exact) mass is 275 g/mol. The third kappa shape index (κ3) is 3.48. The topological polar surface area (TPSA) is 66.2 Å². The van der Waals surface area contributed by atoms with E-state index in [-0.39, 0.29) is 6.04 Å². The maximum Gasteiger partial charge on any atom is 0.320 e. The molecule has 6 heteroatoms. The number of nitrogens with one attached hydrogen (secondary N) is 2. The summed E-state index contributed by atoms with van der Waals surface area (Å²) in [5.41, 5.74) is 2.03. The van der Waals surface area contributed by atoms with Gasteiger partial charge in [-0.15, -0.1) is 5.10 Å². The van der Waals surface area contributed by atoms with E-state index in [2.05, 4.69) is 20.8 Å². The summed E-state index contributed by atoms with van der Waals surface area (Å²) >= 11 is 0. The second-order valence-electron chi connectivity index (χ2n) is 4.79. The van der Waals surface area contributed by atoms with Crippen LogP contribution in [0.3, 0.4) is 0 Å². The van der Waals surface area contributed by atoms with Crippen LogP contribution in [0.1, 0.15) is 25.8 Å². The summed E-state index contributed by atoms with van der Waals surface area (Å²) in [6.07, 6.45) is 0. The van der Waals surface area contributed by atoms with Gasteiger partial charge in [-0.25, -0.2) is 0 Å². The Morgan fingerprint density at radius 2 is 2.10 bits per heavy atom. The minimum Gasteiger partial charge on any atom is -0.406 e. The molecule has 1 atom stereocenters. The highest BCUT2D eigenvalue weighted by atomic mass is 16.4. The van der Waals surface area contributed by atoms with E-state index < -0.39 is 0 Å². The second-order valence-corrected chi connectivity index (χ2v) is 4.79. The van der Waals surface area contributed by atoms with Gasteiger partial charge in [0.15, 0.2) is 0 Å². The first-order valence-electron chi connectivity index (χ1n) is 6.71. The van der Waals surface area contributed by atoms with Gasteiger partial charge < -0.3 is 20.0 Å². The molecule has 2 N–H and O–H groups in total. The fourth-order valence-corrected chi connectivity index (χ4v) is 1.84. The van der Waals surface area contributed by atoms with Gasteiger partial charge in [0.05, 0.1) is 6.04 Å². The maximum absolute atomic E-state index is 5.59. The van der Waals surface area contributed by atoms with E-state index in [1.165, 1.54) is 0 Å². The van der Waals surface area contributed by atoms with Crippen molar-refractivity contribution in [3.63, 3.8) is 0 Å². The number of aromatic nitrogens is 2. The zero-order chi connectivity index (χ0) is 14.5. The summed E-state index contributed by atoms with van der Waals surface area (Å²) in [6, 6.07) is 8.47. The minimum absolute atomic E-state index is 0.0520. The second kappa shape index (κ2) is 6.38. The lowest BCUT2D eigenvalue weighted by atomic mass is 10.2. The van der Waals surface area contributed by atoms with Crippen LogP contribution in [-0.4, -0.2) is 30.8 Å². The van der Waals surface area contributed by atoms with E-state index >= 15 is 0 Å². The molecule has 1 aromatic heterocycles. The molecular formula is C14H21N5O. The van der Waals surface area contributed by atoms with Crippen LogP contribution >= 0.6 is 0 Å². The van der Waals surface area contributed by atoms with Crippen molar-refractivity contribution in [2.45, 2.75) is 19.9 Å². The van der Waals surface area contributed by atoms with Crippen LogP contribution in [0.25, 0.3) is 0 Å². The molecule has 0 bridgehead atoms. The quantitative estimate of drug-likeness (QED) is 0.844. The largest absolute Gasteiger partial charge is 0.406 e. The van der Waals surface area contributed by atoms with Crippen LogP contribution in [0.15, 0.2) is 28.7 Å². The number of rotatable bonds is 6. The first-order chi connectivity index (χ1) is 9.60. The molecule has 6 nitrogen and oxygen atoms in total. The fourth-order valence-electron chi connectivity index (χ4n) is 1.84. The van der Waals surface area contributed by atoms with Crippen molar-refractivity contribution in [1.82, 2.24) is 15.5 Å². The molecule has 20 heavy (non-hydrogen) atoms. The lowest BCUT2D eigenvalue weighted by molar-refractivity contribution is 0.430. The highest BCUT2D eigenvalue weighted by Crippen LogP contribution is 2.21. The molecule has 0 aliphatic rings. The molecule has 0 radical (unpaired) electrons. The summed E-state index contributed by atoms with van der Waals surface area (Å²) in [4.78, 5) is 2.04. The molecule has 1 unspecified atom stereocenters. The number of hydrogen-bond acceptors (Lipinski definition) is 6. The lowest BCUT2D eigenvalue weighted by Gasteiger charge is -2.13. The Morgan fingerprint density at radius 3 is 2.80 bits per heavy atom. The normalized spacial score (nSPS) is 12.2. The molecule has 0 saturated heterocycles. The van der Waals surface area contributed by atoms with Crippen molar-refractivity contribution in [3.8, 4) is 0 Å². The van der Waals surface area contributed by atoms with E-state index in [1.807, 2.05) is 57.1 Å². The van der Waals surface area contributed by atoms with Gasteiger partial charge >= 0.3 is 6.01 Å². The summed E-state index contributed by atoms with van der Waals surface area (Å²) < 4.78 is 5.59. The molecule has 1 aromatic carbocycles. The van der Waals surface area contributed by atoms with Gasteiger partial charge in [0.2, 0.25) is 5.89 Å². The summed E-state index contributed by atoms with van der Waals surface area (Å²) in [7, 11) is 4.00. The van der Waals surface area contributed by atoms with Crippen LogP contribution < -0.4 is 15.5 Å². The predicted molar refractivity (Wildman–Crippen MR) is 80.4 cm³/mol. The number of benzene rings is 1. The SMILES string of the molecule is CCNC(C)c1nnc(Nc2cccc(N(C)C)c2)o1. The van der Waals surface area contributed by atoms with Gasteiger partial charge in [-0.3, -0.25) is 0 Å². The van der Waals surface area contributed by atoms with E-state index in [4.69, 9.17) is 4.42 Å². The van der Waals surface area contributed by atoms with Crippen LogP contribution in [-0.2, 0) is 0 Å². The molecule has 108 valence electrons. The van der Waals surface area contributed by atoms with E-state index in [9.17, 15) is 0 Å². The summed E-state index contributed by atoms with van der Waals surface area (Å²) in [5, 5.41) is 14.4. The molecule has 1 heterocycles. The smallest absolute Gasteiger partial charge is 0.320 e. The zero-order valence-corrected chi connectivity index (χ0v) is 12.3. The van der Waals surface area contributed by atoms with E-state index in [1.54, 1.807) is 0 Å². The van der Waals surface area contributed by atoms with Gasteiger partial charge in [-0.2, -0.15) is 0 Å². The van der Waals surface area contributed by atoms with Crippen molar-refractivity contribution in [3.05, 3.63) is 30.2 Å². The predicted octanol–water partition coefficient (Wildman–Crippen LogP) is 2.55. The van der Waals surface area contributed by atoms with Gasteiger partial charge in [0.25, 0.3) is 0 Å². The van der Waals surface area contributed by atoms with Crippen LogP contribution in [0.2, 0.25) is 0 Å². The fraction of sp³-hybridized carbons (Fsp3) is 0.429. The third-order valence-electron chi connectivity index (χ3n) is 2.94. The van der Waals surface area contributed by atoms with Crippen molar-refractivity contribution in [2.24, 2.45) is 0 Å². The molecule has 0 amide bonds. The van der Waals surface area contributed by atoms with E-state index in [0.29, 0.717) is 11.9 Å². The number of nitrogens with zero attached hydrogens (tertiary/aromatic N) is 3. The van der Waals surface area contributed by atoms with Crippen molar-refractivity contribution in [1.29, 1.82) is 0 Å². The molecule has 2 rings (SSSR count). The van der Waals surface area contributed by atoms with Crippen molar-refractivity contribution < 1.29 is 4.42 Å². The Morgan fingerprint density at radius 1 is 1.30 bits per heavy atom. The maximum atomic E-state index is 5.59. The minimum atomic E-state index is 0.0520. The molecule has 0 aliphatic carbocycles. The molecule has 0 aliphatic heterocycles. The Balaban J connectivity index is 2.08. The molecule has 0 spiro atoms. The van der Waals surface area contributed by atoms with Gasteiger partial charge in [0.1, 0.15) is 0 Å². The standard InChI is InChI=1S/C14H21N5O/c1-5-15-10(2)13-17-18-14(20-13)16-11-7-6-8-12(9-11)19(3)4/h6-10,15H,5H2,1-4H3,(H,16,18). The first-order valence-corrected chi connectivity index (χ1v) is 6.71. The van der Waals surface area contributed by atoms with Crippen LogP contribution in [0.4, 0.5) is 17.4 Å². The average Bonchev–Trinajstić information content (AvgIpc) is 2.88. The molecule has 0 fully saturated rings. The Bertz CT molecular complexity index is 552. The van der Waals surface area contributed by atoms with Gasteiger partial charge in [0, 0.05) is 25.5 Å². The average molecular weight is 275 g/mol. The van der Waals surface area contributed by atoms with Gasteiger partial charge in [-0.1, -0.05) is 18.1 Å². The molecular weight excluding hydrogens is 254 g/mol. The van der Waals surface area contributed by atoms with Crippen molar-refractivity contribution in [2.75, 3.05) is 30.9 Å². The lowest BCUT2D eigenvalue weighted by Crippen LogP contribution is -2.17. The first kappa shape index (κ1) is 14.3. The third-order valence-corrected chi connectivity index (χ3v) is 2.94. The number of anilines is 3. The number of hydrogen-bond donors (Lipinski definition) is 2. The zero-order valence-electron chi connectivity index (χ0n) is 12.3. The Labute approximate surface area is 119 Å². The van der Waals surface area contributed by atoms with E-state index in [0.717, 1.165) is 17.9 Å². The Hall–Kier alpha value is -2.08.